The van der Waals surface area contributed by atoms with Crippen LogP contribution in [0.2, 0.25) is 0 Å². The van der Waals surface area contributed by atoms with Crippen LogP contribution in [0.5, 0.6) is 0 Å². The summed E-state index contributed by atoms with van der Waals surface area (Å²) in [5.41, 5.74) is 0.867. The van der Waals surface area contributed by atoms with Crippen LogP contribution in [0.1, 0.15) is 25.8 Å². The Kier molecular flexibility index (Phi) is 7.18. The molecule has 0 heterocycles. The molecule has 0 aliphatic heterocycles. The van der Waals surface area contributed by atoms with Crippen molar-refractivity contribution in [2.45, 2.75) is 32.9 Å². The fraction of sp³-hybridized carbons (Fsp3) is 0.533. The van der Waals surface area contributed by atoms with Gasteiger partial charge in [-0.1, -0.05) is 12.1 Å². The number of nitrogens with zero attached hydrogens (tertiary/aromatic N) is 1. The zero-order chi connectivity index (χ0) is 15.0. The van der Waals surface area contributed by atoms with Crippen LogP contribution in [0.25, 0.3) is 0 Å². The molecule has 0 aliphatic rings. The standard InChI is InChI=1S/C15H23FN2O2/c1-12(2)18(8-3-9-19)11-15(20)17-10-13-4-6-14(16)7-5-13/h4-7,12,19H,3,8-11H2,1-2H3,(H,17,20). The summed E-state index contributed by atoms with van der Waals surface area (Å²) in [6.45, 7) is 5.55. The maximum absolute atomic E-state index is 12.8. The first-order chi connectivity index (χ1) is 9.52. The van der Waals surface area contributed by atoms with Crippen LogP contribution in [-0.2, 0) is 11.3 Å². The monoisotopic (exact) mass is 282 g/mol. The molecule has 1 rings (SSSR count). The minimum Gasteiger partial charge on any atom is -0.396 e. The SMILES string of the molecule is CC(C)N(CCCO)CC(=O)NCc1ccc(F)cc1. The van der Waals surface area contributed by atoms with Gasteiger partial charge in [-0.15, -0.1) is 0 Å². The van der Waals surface area contributed by atoms with Gasteiger partial charge in [0.05, 0.1) is 6.54 Å². The Morgan fingerprint density at radius 2 is 2.00 bits per heavy atom. The average Bonchev–Trinajstić information content (AvgIpc) is 2.42. The van der Waals surface area contributed by atoms with Crippen LogP contribution >= 0.6 is 0 Å². The maximum atomic E-state index is 12.8. The lowest BCUT2D eigenvalue weighted by molar-refractivity contribution is -0.122. The summed E-state index contributed by atoms with van der Waals surface area (Å²) in [7, 11) is 0. The number of benzene rings is 1. The van der Waals surface area contributed by atoms with Gasteiger partial charge in [0, 0.05) is 25.7 Å². The molecule has 1 amide bonds. The van der Waals surface area contributed by atoms with E-state index >= 15 is 0 Å². The molecule has 2 N–H and O–H groups in total. The summed E-state index contributed by atoms with van der Waals surface area (Å²) in [6.07, 6.45) is 0.656. The van der Waals surface area contributed by atoms with Gasteiger partial charge < -0.3 is 10.4 Å². The molecule has 4 nitrogen and oxygen atoms in total. The van der Waals surface area contributed by atoms with Gasteiger partial charge >= 0.3 is 0 Å². The van der Waals surface area contributed by atoms with Gasteiger partial charge in [-0.2, -0.15) is 0 Å². The fourth-order valence-corrected chi connectivity index (χ4v) is 1.84. The molecule has 0 unspecified atom stereocenters. The number of nitrogens with one attached hydrogen (secondary N) is 1. The molecule has 0 spiro atoms. The number of halogens is 1. The summed E-state index contributed by atoms with van der Waals surface area (Å²) in [6, 6.07) is 6.31. The molecule has 0 bridgehead atoms. The van der Waals surface area contributed by atoms with Crippen LogP contribution in [-0.4, -0.2) is 41.7 Å². The van der Waals surface area contributed by atoms with E-state index in [-0.39, 0.29) is 24.4 Å². The third kappa shape index (κ3) is 6.12. The number of carbonyl (C=O) groups is 1. The highest BCUT2D eigenvalue weighted by molar-refractivity contribution is 5.78. The predicted octanol–water partition coefficient (Wildman–Crippen LogP) is 1.53. The van der Waals surface area contributed by atoms with Crippen molar-refractivity contribution in [3.05, 3.63) is 35.6 Å². The smallest absolute Gasteiger partial charge is 0.234 e. The van der Waals surface area contributed by atoms with E-state index < -0.39 is 0 Å². The molecule has 0 saturated carbocycles. The second kappa shape index (κ2) is 8.66. The van der Waals surface area contributed by atoms with Crippen molar-refractivity contribution in [2.24, 2.45) is 0 Å². The molecule has 112 valence electrons. The zero-order valence-electron chi connectivity index (χ0n) is 12.1. The number of hydrogen-bond donors (Lipinski definition) is 2. The number of hydrogen-bond acceptors (Lipinski definition) is 3. The molecular formula is C15H23FN2O2. The highest BCUT2D eigenvalue weighted by Gasteiger charge is 2.13. The molecule has 0 aliphatic carbocycles. The lowest BCUT2D eigenvalue weighted by Gasteiger charge is -2.25. The zero-order valence-corrected chi connectivity index (χ0v) is 12.1. The van der Waals surface area contributed by atoms with Crippen LogP contribution in [0, 0.1) is 5.82 Å². The molecule has 0 atom stereocenters. The van der Waals surface area contributed by atoms with E-state index in [0.717, 1.165) is 5.56 Å². The summed E-state index contributed by atoms with van der Waals surface area (Å²) in [4.78, 5) is 13.9. The third-order valence-corrected chi connectivity index (χ3v) is 3.08. The largest absolute Gasteiger partial charge is 0.396 e. The van der Waals surface area contributed by atoms with Crippen LogP contribution in [0.3, 0.4) is 0 Å². The van der Waals surface area contributed by atoms with E-state index in [2.05, 4.69) is 5.32 Å². The minimum atomic E-state index is -0.282. The van der Waals surface area contributed by atoms with Gasteiger partial charge in [-0.25, -0.2) is 4.39 Å². The van der Waals surface area contributed by atoms with Gasteiger partial charge in [0.25, 0.3) is 0 Å². The van der Waals surface area contributed by atoms with Crippen molar-refractivity contribution in [3.8, 4) is 0 Å². The number of amides is 1. The second-order valence-corrected chi connectivity index (χ2v) is 5.04. The van der Waals surface area contributed by atoms with E-state index in [0.29, 0.717) is 26.1 Å². The highest BCUT2D eigenvalue weighted by atomic mass is 19.1. The number of aliphatic hydroxyl groups is 1. The average molecular weight is 282 g/mol. The van der Waals surface area contributed by atoms with Crippen LogP contribution < -0.4 is 5.32 Å². The Balaban J connectivity index is 2.39. The van der Waals surface area contributed by atoms with Crippen molar-refractivity contribution in [1.82, 2.24) is 10.2 Å². The van der Waals surface area contributed by atoms with E-state index in [4.69, 9.17) is 5.11 Å². The van der Waals surface area contributed by atoms with Gasteiger partial charge in [0.1, 0.15) is 5.82 Å². The van der Waals surface area contributed by atoms with Crippen molar-refractivity contribution >= 4 is 5.91 Å². The van der Waals surface area contributed by atoms with Crippen molar-refractivity contribution in [1.29, 1.82) is 0 Å². The first-order valence-corrected chi connectivity index (χ1v) is 6.89. The Morgan fingerprint density at radius 1 is 1.35 bits per heavy atom. The molecule has 0 saturated heterocycles. The predicted molar refractivity (Wildman–Crippen MR) is 76.7 cm³/mol. The lowest BCUT2D eigenvalue weighted by Crippen LogP contribution is -2.41. The number of aliphatic hydroxyl groups excluding tert-OH is 1. The molecule has 20 heavy (non-hydrogen) atoms. The lowest BCUT2D eigenvalue weighted by atomic mass is 10.2. The first-order valence-electron chi connectivity index (χ1n) is 6.89. The number of rotatable bonds is 8. The Bertz CT molecular complexity index is 407. The number of carbonyl (C=O) groups excluding carboxylic acids is 1. The quantitative estimate of drug-likeness (QED) is 0.760. The van der Waals surface area contributed by atoms with Gasteiger partial charge in [-0.3, -0.25) is 9.69 Å². The van der Waals surface area contributed by atoms with E-state index in [1.165, 1.54) is 12.1 Å². The first kappa shape index (κ1) is 16.6. The normalized spacial score (nSPS) is 11.1. The Hall–Kier alpha value is -1.46. The molecule has 5 heteroatoms. The molecule has 0 fully saturated rings. The maximum Gasteiger partial charge on any atom is 0.234 e. The van der Waals surface area contributed by atoms with Crippen molar-refractivity contribution < 1.29 is 14.3 Å². The third-order valence-electron chi connectivity index (χ3n) is 3.08. The molecule has 0 aromatic heterocycles. The minimum absolute atomic E-state index is 0.0686. The van der Waals surface area contributed by atoms with Crippen molar-refractivity contribution in [2.75, 3.05) is 19.7 Å². The van der Waals surface area contributed by atoms with E-state index in [9.17, 15) is 9.18 Å². The Morgan fingerprint density at radius 3 is 2.55 bits per heavy atom. The topological polar surface area (TPSA) is 52.6 Å². The van der Waals surface area contributed by atoms with Gasteiger partial charge in [0.2, 0.25) is 5.91 Å². The second-order valence-electron chi connectivity index (χ2n) is 5.04. The van der Waals surface area contributed by atoms with Gasteiger partial charge in [-0.05, 0) is 38.0 Å². The summed E-state index contributed by atoms with van der Waals surface area (Å²) in [5.74, 6) is -0.351. The molecule has 1 aromatic rings. The van der Waals surface area contributed by atoms with Gasteiger partial charge in [0.15, 0.2) is 0 Å². The van der Waals surface area contributed by atoms with Crippen molar-refractivity contribution in [3.63, 3.8) is 0 Å². The summed E-state index contributed by atoms with van der Waals surface area (Å²) >= 11 is 0. The molecule has 1 aromatic carbocycles. The summed E-state index contributed by atoms with van der Waals surface area (Å²) in [5, 5.41) is 11.7. The highest BCUT2D eigenvalue weighted by Crippen LogP contribution is 2.03. The van der Waals surface area contributed by atoms with Crippen LogP contribution in [0.4, 0.5) is 4.39 Å². The van der Waals surface area contributed by atoms with E-state index in [1.54, 1.807) is 12.1 Å². The molecule has 0 radical (unpaired) electrons. The van der Waals surface area contributed by atoms with E-state index in [1.807, 2.05) is 18.7 Å². The summed E-state index contributed by atoms with van der Waals surface area (Å²) < 4.78 is 12.8. The fourth-order valence-electron chi connectivity index (χ4n) is 1.84. The molecular weight excluding hydrogens is 259 g/mol. The van der Waals surface area contributed by atoms with Crippen LogP contribution in [0.15, 0.2) is 24.3 Å². The Labute approximate surface area is 119 Å².